The Kier molecular flexibility index (Phi) is 46.9. The van der Waals surface area contributed by atoms with Crippen LogP contribution in [0.1, 0.15) is 395 Å². The molecule has 26 heteroatoms. The van der Waals surface area contributed by atoms with Gasteiger partial charge < -0.3 is 20.2 Å². The van der Waals surface area contributed by atoms with E-state index < -0.39 is 17.9 Å². The second-order valence-corrected chi connectivity index (χ2v) is 56.2. The lowest BCUT2D eigenvalue weighted by Gasteiger charge is -2.56. The van der Waals surface area contributed by atoms with Crippen molar-refractivity contribution < 1.29 is 39.3 Å². The van der Waals surface area contributed by atoms with Crippen molar-refractivity contribution in [2.45, 2.75) is 547 Å². The molecule has 18 rings (SSSR count). The van der Waals surface area contributed by atoms with Crippen LogP contribution in [0.3, 0.4) is 0 Å². The van der Waals surface area contributed by atoms with E-state index in [9.17, 15) is 24.6 Å². The summed E-state index contributed by atoms with van der Waals surface area (Å²) in [7, 11) is 0. The molecule has 18 fully saturated rings. The number of hydrogen-bond donors (Lipinski definition) is 3. The Bertz CT molecular complexity index is 3720. The van der Waals surface area contributed by atoms with Crippen LogP contribution in [0.15, 0.2) is 0 Å². The minimum absolute atomic E-state index is 0.213. The number of aliphatic carboxylic acids is 3. The smallest absolute Gasteiger partial charge is 0.373 e. The van der Waals surface area contributed by atoms with E-state index in [1.165, 1.54) is 240 Å². The second kappa shape index (κ2) is 54.2. The molecule has 18 aliphatic rings. The fourth-order valence-electron chi connectivity index (χ4n) is 26.5. The van der Waals surface area contributed by atoms with Crippen molar-refractivity contribution in [3.05, 3.63) is 0 Å². The van der Waals surface area contributed by atoms with E-state index in [2.05, 4.69) is 310 Å². The average Bonchev–Trinajstić information content (AvgIpc) is 1.39. The molecule has 0 spiro atoms. The topological polar surface area (TPSA) is 204 Å². The number of rotatable bonds is 12. The Morgan fingerprint density at radius 3 is 0.643 bits per heavy atom. The van der Waals surface area contributed by atoms with Gasteiger partial charge in [-0.05, 0) is 421 Å². The van der Waals surface area contributed by atoms with Gasteiger partial charge in [0.1, 0.15) is 18.1 Å². The molecule has 3 N–H and O–H groups in total. The van der Waals surface area contributed by atoms with Gasteiger partial charge in [0.25, 0.3) is 0 Å². The van der Waals surface area contributed by atoms with Crippen LogP contribution in [0.25, 0.3) is 0 Å². The molecule has 0 aromatic rings. The minimum Gasteiger partial charge on any atom is -0.480 e. The minimum atomic E-state index is -0.647. The van der Waals surface area contributed by atoms with Crippen LogP contribution in [0.2, 0.25) is 0 Å². The van der Waals surface area contributed by atoms with Gasteiger partial charge in [0, 0.05) is 272 Å². The first-order valence-electron chi connectivity index (χ1n) is 58.8. The predicted molar refractivity (Wildman–Crippen MR) is 592 cm³/mol. The van der Waals surface area contributed by atoms with Crippen LogP contribution in [0.5, 0.6) is 0 Å². The first kappa shape index (κ1) is 124. The van der Waals surface area contributed by atoms with Gasteiger partial charge in [-0.25, -0.2) is 0 Å². The molecule has 11 unspecified atom stereocenters. The number of likely N-dealkylation sites (tertiary alicyclic amines) is 18. The molecule has 0 aliphatic carbocycles. The van der Waals surface area contributed by atoms with Gasteiger partial charge in [-0.15, -0.1) is 0 Å². The Morgan fingerprint density at radius 1 is 0.189 bits per heavy atom. The van der Waals surface area contributed by atoms with Crippen molar-refractivity contribution in [1.29, 1.82) is 0 Å². The molecule has 11 atom stereocenters. The molecule has 0 aromatic heterocycles. The first-order valence-corrected chi connectivity index (χ1v) is 58.8. The zero-order valence-electron chi connectivity index (χ0n) is 98.6. The third-order valence-electron chi connectivity index (χ3n) is 37.2. The fourth-order valence-corrected chi connectivity index (χ4v) is 26.5. The maximum absolute atomic E-state index is 11.2. The van der Waals surface area contributed by atoms with Crippen LogP contribution in [-0.2, 0) is 24.0 Å². The monoisotopic (exact) mass is 2010 g/mol. The van der Waals surface area contributed by atoms with Gasteiger partial charge in [0.2, 0.25) is 0 Å². The summed E-state index contributed by atoms with van der Waals surface area (Å²) in [5.41, 5.74) is 2.86. The molecule has 0 saturated carbocycles. The van der Waals surface area contributed by atoms with E-state index in [1.807, 2.05) is 0 Å². The van der Waals surface area contributed by atoms with Crippen molar-refractivity contribution in [2.75, 3.05) is 183 Å². The molecule has 0 bridgehead atoms. The number of carboxylic acids is 3. The molecule has 26 nitrogen and oxygen atoms in total. The highest BCUT2D eigenvalue weighted by atomic mass is 16.4. The lowest BCUT2D eigenvalue weighted by molar-refractivity contribution is -0.191. The highest BCUT2D eigenvalue weighted by Gasteiger charge is 2.49. The number of nitrogens with zero attached hydrogens (tertiary/aromatic N) is 18. The van der Waals surface area contributed by atoms with Gasteiger partial charge in [-0.3, -0.25) is 97.7 Å². The van der Waals surface area contributed by atoms with Gasteiger partial charge in [0.15, 0.2) is 0 Å². The summed E-state index contributed by atoms with van der Waals surface area (Å²) >= 11 is 0. The van der Waals surface area contributed by atoms with Crippen LogP contribution >= 0.6 is 0 Å². The van der Waals surface area contributed by atoms with Crippen molar-refractivity contribution in [3.8, 4) is 0 Å². The van der Waals surface area contributed by atoms with E-state index in [0.717, 1.165) is 183 Å². The lowest BCUT2D eigenvalue weighted by atomic mass is 9.92. The average molecular weight is 2010 g/mol. The SMILES string of the molecule is CC(C)(C)N1CC(N2CCCC2C(=O)O)C1.CC(C)(C)N1CC(N2CCCCC2C(=O)O)C1.CC(C)(C)N1CCC(N2CCCC2C(=O)O)CC1.CC(C)(C)N1CCC(N2CCCCC2)CC1.CC1CCCCN1C1CCN(C(C)(C)C)C1.CC1CCCN1C1CCN(C(C)(C)C)C1.CC1CCN1C1CCN(C(C)(C)C)C1.CC1CCN1C1CCN(C(C)(C)C)CC1.CC1CCN1C1CN(C(C)(C)C)C1.O=C=O. The fraction of sp³-hybridized carbons (Fsp3) is 0.966. The van der Waals surface area contributed by atoms with Crippen molar-refractivity contribution in [3.63, 3.8) is 0 Å². The summed E-state index contributed by atoms with van der Waals surface area (Å²) in [4.78, 5) is 95.9. The first-order chi connectivity index (χ1) is 66.6. The van der Waals surface area contributed by atoms with E-state index in [1.54, 1.807) is 0 Å². The van der Waals surface area contributed by atoms with Gasteiger partial charge >= 0.3 is 24.1 Å². The lowest BCUT2D eigenvalue weighted by Crippen LogP contribution is -2.68. The number of carbonyl (C=O) groups excluding carboxylic acids is 2. The Labute approximate surface area is 877 Å². The maximum atomic E-state index is 11.2. The number of hydrogen-bond acceptors (Lipinski definition) is 23. The quantitative estimate of drug-likeness (QED) is 0.166. The third-order valence-corrected chi connectivity index (χ3v) is 37.2. The molecule has 0 aromatic carbocycles. The molecule has 18 aliphatic heterocycles. The molecular weight excluding hydrogens is 1790 g/mol. The molecule has 143 heavy (non-hydrogen) atoms. The molecule has 0 amide bonds. The maximum Gasteiger partial charge on any atom is 0.373 e. The van der Waals surface area contributed by atoms with E-state index in [4.69, 9.17) is 14.7 Å². The van der Waals surface area contributed by atoms with Crippen LogP contribution < -0.4 is 0 Å². The van der Waals surface area contributed by atoms with Crippen molar-refractivity contribution >= 4 is 24.1 Å². The summed E-state index contributed by atoms with van der Waals surface area (Å²) in [6, 6.07) is 10.0. The molecule has 832 valence electrons. The predicted octanol–water partition coefficient (Wildman–Crippen LogP) is 17.3. The van der Waals surface area contributed by atoms with Crippen molar-refractivity contribution in [2.24, 2.45) is 0 Å². The van der Waals surface area contributed by atoms with Crippen LogP contribution in [0.4, 0.5) is 0 Å². The summed E-state index contributed by atoms with van der Waals surface area (Å²) < 4.78 is 0. The molecule has 18 heterocycles. The molecule has 0 radical (unpaired) electrons. The molecular formula is C117H226N18O8. The summed E-state index contributed by atoms with van der Waals surface area (Å²) in [6.45, 7) is 108. The highest BCUT2D eigenvalue weighted by Crippen LogP contribution is 2.39. The Balaban J connectivity index is 0.000000179. The highest BCUT2D eigenvalue weighted by molar-refractivity contribution is 5.74. The number of carbonyl (C=O) groups is 3. The number of piperidine rings is 6. The molecule has 18 saturated heterocycles. The van der Waals surface area contributed by atoms with E-state index >= 15 is 0 Å². The van der Waals surface area contributed by atoms with E-state index in [-0.39, 0.29) is 40.9 Å². The summed E-state index contributed by atoms with van der Waals surface area (Å²) in [6.07, 6.45) is 34.5. The largest absolute Gasteiger partial charge is 0.480 e. The van der Waals surface area contributed by atoms with Crippen molar-refractivity contribution in [1.82, 2.24) is 88.2 Å². The van der Waals surface area contributed by atoms with Crippen LogP contribution in [-0.4, -0.2) is 463 Å². The van der Waals surface area contributed by atoms with Gasteiger partial charge in [-0.2, -0.15) is 9.59 Å². The zero-order chi connectivity index (χ0) is 106. The Morgan fingerprint density at radius 2 is 0.378 bits per heavy atom. The second-order valence-electron chi connectivity index (χ2n) is 56.2. The van der Waals surface area contributed by atoms with Gasteiger partial charge in [-0.1, -0.05) is 19.3 Å². The zero-order valence-corrected chi connectivity index (χ0v) is 98.6. The van der Waals surface area contributed by atoms with Crippen LogP contribution in [0, 0.1) is 0 Å². The van der Waals surface area contributed by atoms with Gasteiger partial charge in [0.05, 0.1) is 0 Å². The van der Waals surface area contributed by atoms with E-state index in [0.29, 0.717) is 51.4 Å². The summed E-state index contributed by atoms with van der Waals surface area (Å²) in [5, 5.41) is 27.6. The summed E-state index contributed by atoms with van der Waals surface area (Å²) in [5.74, 6) is -1.92. The third kappa shape index (κ3) is 36.6. The normalized spacial score (nSPS) is 30.8. The number of carboxylic acid groups (broad SMARTS) is 3. The standard InChI is InChI=1S/C14H26N2O2.2C14H28N2.C13H24N2O2.2C13H26N2.C12H22N2O2.C12H24N2.C11H22N2.CO2/c1-14(2,3)15-9-6-11(7-10-15)16-8-4-5-12(16)13(17)18;1-12-7-5-6-9-16(12)13-8-10-15(11-13)14(2,3)4;1-14(2,3)16-11-7-13(8-12-16)15-9-5-4-6-10-15;1-13(2,3)14-8-10(9-14)15-7-5-4-6-11(15)12(16)17;1-11-5-10-15(11)12-6-8-14(9-7-12)13(2,3)4;1-11-6-5-8-15(11)12-7-9-14(10-12)13(2,3)4;1-12(2,3)13-7-9(8-13)14-6-4-5-10(14)11(15)16;1-10-5-8-14(10)11-6-7-13(9-11)12(2,3)4;1-9-5-6-13(9)10-7-12(8-10)11(2,3)4;2-1-3/h11-12H,4-10H2,1-3H3,(H,17,18);12-13H,5-11H2,1-4H3;13H,4-12H2,1-3H3;10-11H,4-9H2,1-3H3,(H,16,17);2*11-12H,5-10H2,1-4H3;9-10H,4-8H2,1-3H3,(H,15,16);10-11H,5-9H2,1-4H3;9-10H,5-8H2,1-4H3;. The Hall–Kier alpha value is -2.93.